The minimum atomic E-state index is -0.900. The Morgan fingerprint density at radius 2 is 1.64 bits per heavy atom. The molecule has 5 rings (SSSR count). The predicted molar refractivity (Wildman–Crippen MR) is 202 cm³/mol. The number of anilines is 1. The van der Waals surface area contributed by atoms with Gasteiger partial charge in [-0.2, -0.15) is 0 Å². The number of rotatable bonds is 20. The molecule has 2 saturated heterocycles. The second-order valence-electron chi connectivity index (χ2n) is 14.2. The van der Waals surface area contributed by atoms with E-state index in [-0.39, 0.29) is 35.8 Å². The van der Waals surface area contributed by atoms with Crippen molar-refractivity contribution in [3.63, 3.8) is 0 Å². The van der Waals surface area contributed by atoms with Crippen molar-refractivity contribution in [3.8, 4) is 0 Å². The number of nitrogen functional groups attached to an aromatic ring is 1. The van der Waals surface area contributed by atoms with E-state index in [4.69, 9.17) is 29.4 Å². The lowest BCUT2D eigenvalue weighted by Crippen LogP contribution is -2.62. The number of esters is 1. The average molecular weight is 768 g/mol. The van der Waals surface area contributed by atoms with E-state index in [9.17, 15) is 19.5 Å². The van der Waals surface area contributed by atoms with Gasteiger partial charge in [0.1, 0.15) is 36.2 Å². The van der Waals surface area contributed by atoms with Gasteiger partial charge in [-0.3, -0.25) is 14.2 Å². The van der Waals surface area contributed by atoms with Crippen molar-refractivity contribution in [2.24, 2.45) is 5.92 Å². The second kappa shape index (κ2) is 20.6. The summed E-state index contributed by atoms with van der Waals surface area (Å²) in [4.78, 5) is 50.2. The van der Waals surface area contributed by atoms with Gasteiger partial charge in [0.15, 0.2) is 24.0 Å². The van der Waals surface area contributed by atoms with Gasteiger partial charge in [-0.15, -0.1) is 0 Å². The zero-order chi connectivity index (χ0) is 39.3. The van der Waals surface area contributed by atoms with Crippen LogP contribution >= 0.6 is 0 Å². The van der Waals surface area contributed by atoms with Crippen LogP contribution in [0.5, 0.6) is 0 Å². The number of aromatic nitrogens is 4. The first-order valence-corrected chi connectivity index (χ1v) is 19.6. The summed E-state index contributed by atoms with van der Waals surface area (Å²) in [7, 11) is 0. The van der Waals surface area contributed by atoms with Crippen LogP contribution in [0.4, 0.5) is 5.82 Å². The summed E-state index contributed by atoms with van der Waals surface area (Å²) in [5.41, 5.74) is 7.30. The third kappa shape index (κ3) is 11.0. The van der Waals surface area contributed by atoms with Crippen molar-refractivity contribution in [2.45, 2.75) is 135 Å². The molecule has 2 aliphatic rings. The summed E-state index contributed by atoms with van der Waals surface area (Å²) in [6.07, 6.45) is 5.34. The van der Waals surface area contributed by atoms with Crippen LogP contribution in [-0.4, -0.2) is 105 Å². The summed E-state index contributed by atoms with van der Waals surface area (Å²) in [6.45, 7) is 8.73. The number of nitrogens with zero attached hydrogens (tertiary/aromatic N) is 4. The molecule has 5 N–H and O–H groups in total. The molecule has 2 aliphatic heterocycles. The molecule has 16 nitrogen and oxygen atoms in total. The maximum atomic E-state index is 13.0. The molecule has 2 aromatic heterocycles. The van der Waals surface area contributed by atoms with E-state index in [1.807, 2.05) is 26.8 Å². The predicted octanol–water partition coefficient (Wildman–Crippen LogP) is 3.83. The van der Waals surface area contributed by atoms with E-state index < -0.39 is 42.8 Å². The number of aliphatic hydroxyl groups excluding tert-OH is 1. The summed E-state index contributed by atoms with van der Waals surface area (Å²) in [5, 5.41) is 17.0. The van der Waals surface area contributed by atoms with Gasteiger partial charge in [0.05, 0.1) is 24.1 Å². The van der Waals surface area contributed by atoms with Gasteiger partial charge in [-0.25, -0.2) is 19.7 Å². The summed E-state index contributed by atoms with van der Waals surface area (Å²) in [6, 6.07) is 8.06. The SMILES string of the molecule is CC[C@H]1O[C@@H](n2cnc3c(N)ncnc32)[C@@H](O)C1OCCCCCCNC(=O)CCCCO[C@@H]1O[C@H](CC)[C@H](C)[C@H](OC(=O)c2ccccc2)[C@H]1NC(C)=O. The number of nitrogens with two attached hydrogens (primary N) is 1. The highest BCUT2D eigenvalue weighted by molar-refractivity contribution is 5.89. The van der Waals surface area contributed by atoms with E-state index in [0.717, 1.165) is 25.7 Å². The quantitative estimate of drug-likeness (QED) is 0.0953. The average Bonchev–Trinajstić information content (AvgIpc) is 3.75. The van der Waals surface area contributed by atoms with Crippen LogP contribution in [0.25, 0.3) is 11.2 Å². The van der Waals surface area contributed by atoms with Crippen molar-refractivity contribution >= 4 is 34.8 Å². The number of unbranched alkanes of at least 4 members (excludes halogenated alkanes) is 4. The zero-order valence-corrected chi connectivity index (χ0v) is 32.3. The van der Waals surface area contributed by atoms with Crippen LogP contribution in [-0.2, 0) is 33.3 Å². The van der Waals surface area contributed by atoms with E-state index in [1.54, 1.807) is 35.2 Å². The lowest BCUT2D eigenvalue weighted by Gasteiger charge is -2.45. The molecule has 9 atom stereocenters. The van der Waals surface area contributed by atoms with Crippen molar-refractivity contribution in [2.75, 3.05) is 25.5 Å². The van der Waals surface area contributed by atoms with Crippen LogP contribution in [0, 0.1) is 5.92 Å². The summed E-state index contributed by atoms with van der Waals surface area (Å²) >= 11 is 0. The minimum Gasteiger partial charge on any atom is -0.456 e. The lowest BCUT2D eigenvalue weighted by atomic mass is 9.87. The maximum absolute atomic E-state index is 13.0. The molecular formula is C39H57N7O9. The molecule has 3 aromatic rings. The molecule has 0 spiro atoms. The Labute approximate surface area is 322 Å². The molecule has 0 bridgehead atoms. The zero-order valence-electron chi connectivity index (χ0n) is 32.3. The number of fused-ring (bicyclic) bond motifs is 1. The highest BCUT2D eigenvalue weighted by Crippen LogP contribution is 2.35. The first-order chi connectivity index (χ1) is 26.6. The van der Waals surface area contributed by atoms with Gasteiger partial charge in [-0.1, -0.05) is 51.8 Å². The Balaban J connectivity index is 0.954. The van der Waals surface area contributed by atoms with Crippen molar-refractivity contribution in [1.82, 2.24) is 30.2 Å². The molecule has 1 aromatic carbocycles. The smallest absolute Gasteiger partial charge is 0.338 e. The third-order valence-electron chi connectivity index (χ3n) is 10.2. The monoisotopic (exact) mass is 767 g/mol. The molecule has 0 radical (unpaired) electrons. The number of hydrogen-bond acceptors (Lipinski definition) is 13. The van der Waals surface area contributed by atoms with Gasteiger partial charge in [0.25, 0.3) is 0 Å². The molecule has 4 heterocycles. The molecular weight excluding hydrogens is 710 g/mol. The van der Waals surface area contributed by atoms with Gasteiger partial charge in [0.2, 0.25) is 11.8 Å². The lowest BCUT2D eigenvalue weighted by molar-refractivity contribution is -0.249. The highest BCUT2D eigenvalue weighted by Gasteiger charge is 2.47. The number of amides is 2. The molecule has 1 unspecified atom stereocenters. The fourth-order valence-corrected chi connectivity index (χ4v) is 7.26. The second-order valence-corrected chi connectivity index (χ2v) is 14.2. The van der Waals surface area contributed by atoms with Crippen LogP contribution in [0.15, 0.2) is 43.0 Å². The van der Waals surface area contributed by atoms with Gasteiger partial charge in [0, 0.05) is 39.0 Å². The Morgan fingerprint density at radius 3 is 2.38 bits per heavy atom. The number of imidazole rings is 1. The highest BCUT2D eigenvalue weighted by atomic mass is 16.7. The van der Waals surface area contributed by atoms with E-state index in [2.05, 4.69) is 25.6 Å². The Bertz CT molecular complexity index is 1680. The maximum Gasteiger partial charge on any atom is 0.338 e. The normalized spacial score (nSPS) is 26.5. The van der Waals surface area contributed by atoms with Crippen LogP contribution in [0.1, 0.15) is 102 Å². The van der Waals surface area contributed by atoms with Crippen molar-refractivity contribution in [1.29, 1.82) is 0 Å². The van der Waals surface area contributed by atoms with Crippen LogP contribution < -0.4 is 16.4 Å². The van der Waals surface area contributed by atoms with E-state index >= 15 is 0 Å². The van der Waals surface area contributed by atoms with Gasteiger partial charge >= 0.3 is 5.97 Å². The van der Waals surface area contributed by atoms with Gasteiger partial charge in [-0.05, 0) is 50.7 Å². The standard InChI is InChI=1S/C39H57N7O9/c1-5-27-24(3)33(55-38(50)26-16-10-9-11-17-26)30(45-25(4)47)39(54-27)52-21-15-12-18-29(48)41-19-13-7-8-14-20-51-34-28(6-2)53-37(32(34)49)46-23-44-31-35(40)42-22-43-36(31)46/h9-11,16-17,22-24,27-28,30,32-34,37,39,49H,5-8,12-15,18-21H2,1-4H3,(H,41,48)(H,45,47)(H2,40,42,43)/t24-,27+,28+,30+,32-,33-,34?,37+,39+/m0/s1. The van der Waals surface area contributed by atoms with E-state index in [1.165, 1.54) is 13.3 Å². The number of benzene rings is 1. The van der Waals surface area contributed by atoms with Crippen molar-refractivity contribution in [3.05, 3.63) is 48.5 Å². The minimum absolute atomic E-state index is 0.0173. The Hall–Kier alpha value is -4.22. The number of hydrogen-bond donors (Lipinski definition) is 4. The topological polar surface area (TPSA) is 211 Å². The Morgan fingerprint density at radius 1 is 0.909 bits per heavy atom. The summed E-state index contributed by atoms with van der Waals surface area (Å²) in [5.74, 6) is -0.679. The number of aliphatic hydroxyl groups is 1. The van der Waals surface area contributed by atoms with Gasteiger partial charge < -0.3 is 45.2 Å². The summed E-state index contributed by atoms with van der Waals surface area (Å²) < 4.78 is 32.3. The number of carbonyl (C=O) groups excluding carboxylic acids is 3. The van der Waals surface area contributed by atoms with Crippen LogP contribution in [0.3, 0.4) is 0 Å². The molecule has 2 fully saturated rings. The number of nitrogens with one attached hydrogen (secondary N) is 2. The largest absolute Gasteiger partial charge is 0.456 e. The fourth-order valence-electron chi connectivity index (χ4n) is 7.26. The molecule has 0 saturated carbocycles. The molecule has 55 heavy (non-hydrogen) atoms. The van der Waals surface area contributed by atoms with E-state index in [0.29, 0.717) is 68.6 Å². The first-order valence-electron chi connectivity index (χ1n) is 19.6. The number of carbonyl (C=O) groups is 3. The molecule has 302 valence electrons. The first kappa shape index (κ1) is 41.9. The number of ether oxygens (including phenoxy) is 5. The van der Waals surface area contributed by atoms with Crippen molar-refractivity contribution < 1.29 is 43.2 Å². The fraction of sp³-hybridized carbons (Fsp3) is 0.641. The molecule has 16 heteroatoms. The third-order valence-corrected chi connectivity index (χ3v) is 10.2. The Kier molecular flexibility index (Phi) is 15.7. The molecule has 0 aliphatic carbocycles. The van der Waals surface area contributed by atoms with Crippen LogP contribution in [0.2, 0.25) is 0 Å². The molecule has 2 amide bonds.